The van der Waals surface area contributed by atoms with Gasteiger partial charge >= 0.3 is 5.97 Å². The Bertz CT molecular complexity index is 1310. The molecule has 1 aliphatic rings. The lowest BCUT2D eigenvalue weighted by Gasteiger charge is -2.16. The van der Waals surface area contributed by atoms with Gasteiger partial charge in [-0.1, -0.05) is 11.6 Å². The summed E-state index contributed by atoms with van der Waals surface area (Å²) in [7, 11) is -2.36. The van der Waals surface area contributed by atoms with Crippen LogP contribution in [0, 0.1) is 5.82 Å². The van der Waals surface area contributed by atoms with E-state index in [2.05, 4.69) is 19.6 Å². The molecule has 1 atom stereocenters. The van der Waals surface area contributed by atoms with Gasteiger partial charge in [-0.25, -0.2) is 23.4 Å². The van der Waals surface area contributed by atoms with E-state index in [1.807, 2.05) is 0 Å². The molecule has 11 heteroatoms. The smallest absolute Gasteiger partial charge is 0.344 e. The number of halogens is 2. The van der Waals surface area contributed by atoms with Gasteiger partial charge in [-0.2, -0.15) is 4.36 Å². The van der Waals surface area contributed by atoms with Crippen molar-refractivity contribution in [2.24, 2.45) is 4.36 Å². The van der Waals surface area contributed by atoms with E-state index < -0.39 is 27.6 Å². The first-order valence-corrected chi connectivity index (χ1v) is 12.1. The van der Waals surface area contributed by atoms with Gasteiger partial charge in [0, 0.05) is 28.7 Å². The fraction of sp³-hybridized carbons (Fsp3) is 0.286. The molecule has 0 saturated carbocycles. The summed E-state index contributed by atoms with van der Waals surface area (Å²) in [5, 5.41) is 12.6. The van der Waals surface area contributed by atoms with E-state index in [0.717, 1.165) is 12.8 Å². The molecule has 8 nitrogen and oxygen atoms in total. The zero-order valence-corrected chi connectivity index (χ0v) is 18.6. The van der Waals surface area contributed by atoms with Crippen molar-refractivity contribution in [3.05, 3.63) is 47.5 Å². The van der Waals surface area contributed by atoms with Crippen molar-refractivity contribution in [1.29, 1.82) is 0 Å². The molecule has 1 aliphatic heterocycles. The minimum Gasteiger partial charge on any atom is -0.479 e. The Kier molecular flexibility index (Phi) is 6.16. The van der Waals surface area contributed by atoms with Gasteiger partial charge in [-0.05, 0) is 38.0 Å². The van der Waals surface area contributed by atoms with E-state index in [0.29, 0.717) is 22.2 Å². The summed E-state index contributed by atoms with van der Waals surface area (Å²) >= 11 is 6.03. The van der Waals surface area contributed by atoms with E-state index >= 15 is 4.39 Å². The quantitative estimate of drug-likeness (QED) is 0.517. The molecule has 0 amide bonds. The standard InChI is InChI=1S/C21H20ClFN4O4S/c1-12(21(28)29)31-18-8-13(22)4-5-16(18)26-20-19-15(23)9-14(10-17(19)24-11-25-20)27-32(30)6-2-3-7-32/h4-5,8-12H,2-3,6-7H2,1H3,(H,28,29)(H,24,25,26)/t12-/m1/s1. The Hall–Kier alpha value is -2.98. The maximum atomic E-state index is 15.1. The van der Waals surface area contributed by atoms with Gasteiger partial charge in [-0.3, -0.25) is 0 Å². The molecular formula is C21H20ClFN4O4S. The van der Waals surface area contributed by atoms with Crippen LogP contribution in [-0.4, -0.2) is 42.9 Å². The highest BCUT2D eigenvalue weighted by Crippen LogP contribution is 2.35. The number of benzene rings is 2. The molecule has 4 rings (SSSR count). The molecule has 168 valence electrons. The lowest BCUT2D eigenvalue weighted by molar-refractivity contribution is -0.144. The SMILES string of the molecule is C[C@@H](Oc1cc(Cl)ccc1Nc1ncnc2cc(N=S3(=O)CCCC3)cc(F)c12)C(=O)O. The molecule has 0 bridgehead atoms. The van der Waals surface area contributed by atoms with Crippen LogP contribution in [0.4, 0.5) is 21.6 Å². The lowest BCUT2D eigenvalue weighted by Crippen LogP contribution is -2.23. The number of carbonyl (C=O) groups is 1. The first-order chi connectivity index (χ1) is 15.2. The third-order valence-electron chi connectivity index (χ3n) is 4.97. The highest BCUT2D eigenvalue weighted by Gasteiger charge is 2.19. The summed E-state index contributed by atoms with van der Waals surface area (Å²) in [6, 6.07) is 7.40. The van der Waals surface area contributed by atoms with E-state index in [9.17, 15) is 9.00 Å². The topological polar surface area (TPSA) is 114 Å². The Morgan fingerprint density at radius 2 is 2.03 bits per heavy atom. The van der Waals surface area contributed by atoms with E-state index in [-0.39, 0.29) is 28.2 Å². The van der Waals surface area contributed by atoms with E-state index in [4.69, 9.17) is 21.4 Å². The molecule has 1 saturated heterocycles. The number of aromatic nitrogens is 2. The van der Waals surface area contributed by atoms with Crippen LogP contribution in [0.2, 0.25) is 5.02 Å². The number of fused-ring (bicyclic) bond motifs is 1. The molecule has 3 aromatic rings. The summed E-state index contributed by atoms with van der Waals surface area (Å²) < 4.78 is 37.6. The fourth-order valence-corrected chi connectivity index (χ4v) is 5.73. The summed E-state index contributed by atoms with van der Waals surface area (Å²) in [5.41, 5.74) is 0.916. The van der Waals surface area contributed by atoms with Crippen molar-refractivity contribution >= 4 is 55.4 Å². The Morgan fingerprint density at radius 3 is 2.75 bits per heavy atom. The third kappa shape index (κ3) is 4.76. The van der Waals surface area contributed by atoms with Gasteiger partial charge in [-0.15, -0.1) is 0 Å². The minimum absolute atomic E-state index is 0.111. The number of carboxylic acids is 1. The highest BCUT2D eigenvalue weighted by atomic mass is 35.5. The summed E-state index contributed by atoms with van der Waals surface area (Å²) in [4.78, 5) is 19.4. The number of rotatable bonds is 6. The largest absolute Gasteiger partial charge is 0.479 e. The minimum atomic E-state index is -2.36. The van der Waals surface area contributed by atoms with E-state index in [1.165, 1.54) is 25.4 Å². The molecule has 1 fully saturated rings. The summed E-state index contributed by atoms with van der Waals surface area (Å²) in [6.07, 6.45) is 1.83. The van der Waals surface area contributed by atoms with Crippen molar-refractivity contribution in [1.82, 2.24) is 9.97 Å². The van der Waals surface area contributed by atoms with Crippen molar-refractivity contribution < 1.29 is 23.2 Å². The van der Waals surface area contributed by atoms with Crippen molar-refractivity contribution in [2.75, 3.05) is 16.8 Å². The van der Waals surface area contributed by atoms with Crippen LogP contribution in [0.5, 0.6) is 5.75 Å². The van der Waals surface area contributed by atoms with Gasteiger partial charge in [0.15, 0.2) is 6.10 Å². The molecule has 0 spiro atoms. The van der Waals surface area contributed by atoms with Crippen LogP contribution in [-0.2, 0) is 14.5 Å². The number of hydrogen-bond acceptors (Lipinski definition) is 7. The Morgan fingerprint density at radius 1 is 1.28 bits per heavy atom. The first-order valence-electron chi connectivity index (χ1n) is 9.87. The van der Waals surface area contributed by atoms with Gasteiger partial charge in [0.1, 0.15) is 23.7 Å². The van der Waals surface area contributed by atoms with Gasteiger partial charge in [0.2, 0.25) is 0 Å². The zero-order chi connectivity index (χ0) is 22.9. The average molecular weight is 479 g/mol. The highest BCUT2D eigenvalue weighted by molar-refractivity contribution is 7.93. The number of nitrogens with zero attached hydrogens (tertiary/aromatic N) is 3. The molecule has 0 radical (unpaired) electrons. The second kappa shape index (κ2) is 8.87. The number of hydrogen-bond donors (Lipinski definition) is 2. The van der Waals surface area contributed by atoms with E-state index in [1.54, 1.807) is 18.2 Å². The predicted molar refractivity (Wildman–Crippen MR) is 121 cm³/mol. The summed E-state index contributed by atoms with van der Waals surface area (Å²) in [5.74, 6) is -0.426. The molecule has 0 aliphatic carbocycles. The second-order valence-electron chi connectivity index (χ2n) is 7.39. The summed E-state index contributed by atoms with van der Waals surface area (Å²) in [6.45, 7) is 1.38. The predicted octanol–water partition coefficient (Wildman–Crippen LogP) is 4.91. The van der Waals surface area contributed by atoms with Gasteiger partial charge < -0.3 is 15.2 Å². The number of carboxylic acid groups (broad SMARTS) is 1. The normalized spacial score (nSPS) is 16.0. The third-order valence-corrected chi connectivity index (χ3v) is 7.60. The lowest BCUT2D eigenvalue weighted by atomic mass is 10.2. The van der Waals surface area contributed by atoms with Crippen LogP contribution < -0.4 is 10.1 Å². The maximum absolute atomic E-state index is 15.1. The van der Waals surface area contributed by atoms with Gasteiger partial charge in [0.05, 0.1) is 32.0 Å². The van der Waals surface area contributed by atoms with Crippen molar-refractivity contribution in [3.63, 3.8) is 0 Å². The first kappa shape index (κ1) is 22.2. The number of nitrogens with one attached hydrogen (secondary N) is 1. The maximum Gasteiger partial charge on any atom is 0.344 e. The second-order valence-corrected chi connectivity index (χ2v) is 10.4. The van der Waals surface area contributed by atoms with Crippen LogP contribution in [0.3, 0.4) is 0 Å². The van der Waals surface area contributed by atoms with Crippen LogP contribution in [0.25, 0.3) is 10.9 Å². The zero-order valence-electron chi connectivity index (χ0n) is 17.0. The molecule has 2 heterocycles. The monoisotopic (exact) mass is 478 g/mol. The van der Waals surface area contributed by atoms with Crippen LogP contribution in [0.15, 0.2) is 41.0 Å². The molecule has 1 aromatic heterocycles. The van der Waals surface area contributed by atoms with Crippen molar-refractivity contribution in [3.8, 4) is 5.75 Å². The molecule has 32 heavy (non-hydrogen) atoms. The Balaban J connectivity index is 1.74. The molecule has 0 unspecified atom stereocenters. The van der Waals surface area contributed by atoms with Crippen LogP contribution in [0.1, 0.15) is 19.8 Å². The fourth-order valence-electron chi connectivity index (χ4n) is 3.38. The average Bonchev–Trinajstić information content (AvgIpc) is 3.15. The molecule has 2 N–H and O–H groups in total. The number of anilines is 2. The number of ether oxygens (including phenoxy) is 1. The molecular weight excluding hydrogens is 459 g/mol. The van der Waals surface area contributed by atoms with Crippen LogP contribution >= 0.6 is 11.6 Å². The molecule has 2 aromatic carbocycles. The van der Waals surface area contributed by atoms with Crippen molar-refractivity contribution in [2.45, 2.75) is 25.9 Å². The van der Waals surface area contributed by atoms with Gasteiger partial charge in [0.25, 0.3) is 0 Å². The Labute approximate surface area is 189 Å². The number of aliphatic carboxylic acids is 1.